The minimum atomic E-state index is -3.85. The number of hydrogen-bond acceptors (Lipinski definition) is 5. The lowest BCUT2D eigenvalue weighted by molar-refractivity contribution is -0.147. The van der Waals surface area contributed by atoms with E-state index in [2.05, 4.69) is 11.3 Å². The van der Waals surface area contributed by atoms with E-state index in [0.29, 0.717) is 19.4 Å². The molecule has 0 saturated carbocycles. The third-order valence-corrected chi connectivity index (χ3v) is 5.70. The van der Waals surface area contributed by atoms with Crippen LogP contribution in [0.2, 0.25) is 0 Å². The first-order valence-corrected chi connectivity index (χ1v) is 9.85. The Balaban J connectivity index is 2.27. The molecule has 1 aliphatic rings. The van der Waals surface area contributed by atoms with Gasteiger partial charge in [0.1, 0.15) is 6.04 Å². The molecule has 1 fully saturated rings. The maximum Gasteiger partial charge on any atom is 0.324 e. The average Bonchev–Trinajstić information content (AvgIpc) is 3.01. The molecule has 0 bridgehead atoms. The summed E-state index contributed by atoms with van der Waals surface area (Å²) in [4.78, 5) is 12.5. The molecule has 0 radical (unpaired) electrons. The van der Waals surface area contributed by atoms with E-state index in [1.807, 2.05) is 6.92 Å². The van der Waals surface area contributed by atoms with E-state index in [4.69, 9.17) is 9.47 Å². The Bertz CT molecular complexity index is 699. The van der Waals surface area contributed by atoms with Crippen LogP contribution in [0.1, 0.15) is 25.3 Å². The molecule has 0 aliphatic carbocycles. The highest BCUT2D eigenvalue weighted by molar-refractivity contribution is 7.89. The SMILES string of the molecule is C=CC[C@H]1OCC[C@H]1[C@@H](NS(=O)(=O)c1ccc(C)cc1)C(=O)OCC. The molecular weight excluding hydrogens is 342 g/mol. The van der Waals surface area contributed by atoms with Crippen molar-refractivity contribution in [1.82, 2.24) is 4.72 Å². The molecule has 0 amide bonds. The number of ether oxygens (including phenoxy) is 2. The van der Waals surface area contributed by atoms with Crippen molar-refractivity contribution in [3.8, 4) is 0 Å². The highest BCUT2D eigenvalue weighted by Crippen LogP contribution is 2.28. The summed E-state index contributed by atoms with van der Waals surface area (Å²) in [7, 11) is -3.85. The summed E-state index contributed by atoms with van der Waals surface area (Å²) in [5, 5.41) is 0. The number of carbonyl (C=O) groups is 1. The van der Waals surface area contributed by atoms with Gasteiger partial charge in [-0.05, 0) is 38.8 Å². The third kappa shape index (κ3) is 4.90. The van der Waals surface area contributed by atoms with Gasteiger partial charge >= 0.3 is 5.97 Å². The van der Waals surface area contributed by atoms with E-state index >= 15 is 0 Å². The quantitative estimate of drug-likeness (QED) is 0.563. The van der Waals surface area contributed by atoms with E-state index in [0.717, 1.165) is 5.56 Å². The van der Waals surface area contributed by atoms with Crippen LogP contribution >= 0.6 is 0 Å². The molecule has 1 aromatic carbocycles. The lowest BCUT2D eigenvalue weighted by atomic mass is 9.91. The van der Waals surface area contributed by atoms with Crippen molar-refractivity contribution in [2.75, 3.05) is 13.2 Å². The van der Waals surface area contributed by atoms with E-state index in [9.17, 15) is 13.2 Å². The molecule has 0 spiro atoms. The molecule has 2 rings (SSSR count). The van der Waals surface area contributed by atoms with Crippen molar-refractivity contribution in [3.05, 3.63) is 42.5 Å². The van der Waals surface area contributed by atoms with Gasteiger partial charge in [-0.3, -0.25) is 4.79 Å². The van der Waals surface area contributed by atoms with Crippen LogP contribution in [0.5, 0.6) is 0 Å². The maximum absolute atomic E-state index is 12.7. The zero-order chi connectivity index (χ0) is 18.4. The van der Waals surface area contributed by atoms with Gasteiger partial charge in [0.15, 0.2) is 0 Å². The summed E-state index contributed by atoms with van der Waals surface area (Å²) >= 11 is 0. The second-order valence-corrected chi connectivity index (χ2v) is 7.76. The molecule has 0 aromatic heterocycles. The van der Waals surface area contributed by atoms with Gasteiger partial charge in [-0.15, -0.1) is 6.58 Å². The van der Waals surface area contributed by atoms with Crippen molar-refractivity contribution in [2.45, 2.75) is 43.7 Å². The first-order chi connectivity index (χ1) is 11.9. The van der Waals surface area contributed by atoms with E-state index in [1.54, 1.807) is 25.1 Å². The van der Waals surface area contributed by atoms with Gasteiger partial charge in [-0.1, -0.05) is 23.8 Å². The van der Waals surface area contributed by atoms with Gasteiger partial charge in [0.25, 0.3) is 0 Å². The number of sulfonamides is 1. The van der Waals surface area contributed by atoms with Crippen LogP contribution < -0.4 is 4.72 Å². The minimum Gasteiger partial charge on any atom is -0.465 e. The smallest absolute Gasteiger partial charge is 0.324 e. The van der Waals surface area contributed by atoms with Crippen molar-refractivity contribution < 1.29 is 22.7 Å². The van der Waals surface area contributed by atoms with Crippen molar-refractivity contribution in [3.63, 3.8) is 0 Å². The first kappa shape index (κ1) is 19.6. The largest absolute Gasteiger partial charge is 0.465 e. The average molecular weight is 367 g/mol. The predicted molar refractivity (Wildman–Crippen MR) is 94.6 cm³/mol. The minimum absolute atomic E-state index is 0.117. The molecule has 1 saturated heterocycles. The third-order valence-electron chi connectivity index (χ3n) is 4.24. The van der Waals surface area contributed by atoms with E-state index < -0.39 is 22.0 Å². The number of hydrogen-bond donors (Lipinski definition) is 1. The Morgan fingerprint density at radius 3 is 2.72 bits per heavy atom. The lowest BCUT2D eigenvalue weighted by Crippen LogP contribution is -2.49. The topological polar surface area (TPSA) is 81.7 Å². The van der Waals surface area contributed by atoms with E-state index in [-0.39, 0.29) is 23.5 Å². The van der Waals surface area contributed by atoms with Gasteiger partial charge in [-0.2, -0.15) is 4.72 Å². The number of aryl methyl sites for hydroxylation is 1. The summed E-state index contributed by atoms with van der Waals surface area (Å²) in [6.07, 6.45) is 2.58. The summed E-state index contributed by atoms with van der Waals surface area (Å²) < 4.78 is 38.7. The molecule has 1 aromatic rings. The van der Waals surface area contributed by atoms with Crippen LogP contribution in [-0.4, -0.2) is 39.7 Å². The van der Waals surface area contributed by atoms with Crippen LogP contribution in [0, 0.1) is 12.8 Å². The van der Waals surface area contributed by atoms with Gasteiger partial charge in [0.2, 0.25) is 10.0 Å². The number of nitrogens with one attached hydrogen (secondary N) is 1. The number of carbonyl (C=O) groups excluding carboxylic acids is 1. The fourth-order valence-electron chi connectivity index (χ4n) is 2.95. The molecule has 25 heavy (non-hydrogen) atoms. The first-order valence-electron chi connectivity index (χ1n) is 8.37. The highest BCUT2D eigenvalue weighted by atomic mass is 32.2. The van der Waals surface area contributed by atoms with Crippen LogP contribution in [0.4, 0.5) is 0 Å². The monoisotopic (exact) mass is 367 g/mol. The van der Waals surface area contributed by atoms with Crippen molar-refractivity contribution in [1.29, 1.82) is 0 Å². The summed E-state index contributed by atoms with van der Waals surface area (Å²) in [5.74, 6) is -0.875. The predicted octanol–water partition coefficient (Wildman–Crippen LogP) is 2.19. The fraction of sp³-hybridized carbons (Fsp3) is 0.500. The number of esters is 1. The van der Waals surface area contributed by atoms with Crippen LogP contribution in [0.3, 0.4) is 0 Å². The number of rotatable bonds is 8. The summed E-state index contributed by atoms with van der Waals surface area (Å²) in [5.41, 5.74) is 0.955. The van der Waals surface area contributed by atoms with Crippen LogP contribution in [0.25, 0.3) is 0 Å². The second-order valence-electron chi connectivity index (χ2n) is 6.05. The second kappa shape index (κ2) is 8.60. The zero-order valence-electron chi connectivity index (χ0n) is 14.6. The zero-order valence-corrected chi connectivity index (χ0v) is 15.4. The maximum atomic E-state index is 12.7. The molecule has 1 aliphatic heterocycles. The molecule has 0 unspecified atom stereocenters. The Kier molecular flexibility index (Phi) is 6.75. The van der Waals surface area contributed by atoms with Gasteiger partial charge in [0.05, 0.1) is 17.6 Å². The van der Waals surface area contributed by atoms with Crippen LogP contribution in [-0.2, 0) is 24.3 Å². The molecule has 138 valence electrons. The normalized spacial score (nSPS) is 21.7. The highest BCUT2D eigenvalue weighted by Gasteiger charge is 2.41. The Hall–Kier alpha value is -1.70. The molecular formula is C18H25NO5S. The fourth-order valence-corrected chi connectivity index (χ4v) is 4.18. The Morgan fingerprint density at radius 1 is 1.44 bits per heavy atom. The molecule has 1 heterocycles. The van der Waals surface area contributed by atoms with Gasteiger partial charge < -0.3 is 9.47 Å². The Labute approximate surface area is 149 Å². The number of benzene rings is 1. The van der Waals surface area contributed by atoms with E-state index in [1.165, 1.54) is 12.1 Å². The molecule has 6 nitrogen and oxygen atoms in total. The standard InChI is InChI=1S/C18H25NO5S/c1-4-6-16-15(11-12-24-16)17(18(20)23-5-2)19-25(21,22)14-9-7-13(3)8-10-14/h4,7-10,15-17,19H,1,5-6,11-12H2,2-3H3/t15-,16-,17-/m1/s1. The molecule has 1 N–H and O–H groups in total. The lowest BCUT2D eigenvalue weighted by Gasteiger charge is -2.26. The molecule has 7 heteroatoms. The van der Waals surface area contributed by atoms with Crippen molar-refractivity contribution >= 4 is 16.0 Å². The van der Waals surface area contributed by atoms with Crippen molar-refractivity contribution in [2.24, 2.45) is 5.92 Å². The summed E-state index contributed by atoms with van der Waals surface area (Å²) in [6, 6.07) is 5.48. The van der Waals surface area contributed by atoms with Gasteiger partial charge in [-0.25, -0.2) is 8.42 Å². The van der Waals surface area contributed by atoms with Crippen LogP contribution in [0.15, 0.2) is 41.8 Å². The van der Waals surface area contributed by atoms with Gasteiger partial charge in [0, 0.05) is 12.5 Å². The Morgan fingerprint density at radius 2 is 2.12 bits per heavy atom. The molecule has 3 atom stereocenters. The summed E-state index contributed by atoms with van der Waals surface area (Å²) in [6.45, 7) is 7.92.